The van der Waals surface area contributed by atoms with Gasteiger partial charge in [-0.15, -0.1) is 0 Å². The van der Waals surface area contributed by atoms with Crippen LogP contribution in [0.15, 0.2) is 73.1 Å². The van der Waals surface area contributed by atoms with Crippen LogP contribution in [0.1, 0.15) is 18.4 Å². The summed E-state index contributed by atoms with van der Waals surface area (Å²) >= 11 is 0. The molecule has 1 aromatic heterocycles. The van der Waals surface area contributed by atoms with Gasteiger partial charge in [-0.05, 0) is 55.3 Å². The number of aromatic nitrogens is 2. The second-order valence-corrected chi connectivity index (χ2v) is 7.91. The van der Waals surface area contributed by atoms with Crippen molar-refractivity contribution in [1.82, 2.24) is 14.7 Å². The lowest BCUT2D eigenvalue weighted by Crippen LogP contribution is -2.51. The highest BCUT2D eigenvalue weighted by atomic mass is 16.5. The summed E-state index contributed by atoms with van der Waals surface area (Å²) in [6.45, 7) is 3.96. The molecule has 0 saturated carbocycles. The molecule has 0 spiro atoms. The fraction of sp³-hybridized carbons (Fsp3) is 0.375. The zero-order valence-electron chi connectivity index (χ0n) is 17.2. The van der Waals surface area contributed by atoms with Crippen LogP contribution in [0.3, 0.4) is 0 Å². The third kappa shape index (κ3) is 5.84. The van der Waals surface area contributed by atoms with Crippen LogP contribution in [-0.2, 0) is 13.1 Å². The predicted molar refractivity (Wildman–Crippen MR) is 116 cm³/mol. The number of hydrogen-bond donors (Lipinski definition) is 1. The van der Waals surface area contributed by atoms with Crippen LogP contribution >= 0.6 is 0 Å². The molecule has 2 aromatic carbocycles. The van der Waals surface area contributed by atoms with Crippen molar-refractivity contribution < 1.29 is 14.6 Å². The summed E-state index contributed by atoms with van der Waals surface area (Å²) in [5, 5.41) is 15.2. The minimum atomic E-state index is -0.827. The Labute approximate surface area is 177 Å². The van der Waals surface area contributed by atoms with Crippen molar-refractivity contribution in [2.45, 2.75) is 31.5 Å². The van der Waals surface area contributed by atoms with Gasteiger partial charge in [-0.25, -0.2) is 0 Å². The molecule has 0 radical (unpaired) electrons. The standard InChI is InChI=1S/C24H29N3O3/c28-24(20-30-22-8-2-1-3-9-22)11-5-13-26(19-24)18-21-7-4-10-23(17-21)29-16-15-27-14-6-12-25-27/h1-4,6-10,12,14,17,28H,5,11,13,15-16,18-20H2/t24-/m1/s1. The smallest absolute Gasteiger partial charge is 0.119 e. The van der Waals surface area contributed by atoms with Crippen LogP contribution < -0.4 is 9.47 Å². The average Bonchev–Trinajstić information content (AvgIpc) is 3.27. The topological polar surface area (TPSA) is 59.8 Å². The fourth-order valence-electron chi connectivity index (χ4n) is 3.87. The van der Waals surface area contributed by atoms with E-state index in [-0.39, 0.29) is 0 Å². The normalized spacial score (nSPS) is 19.5. The molecule has 0 bridgehead atoms. The molecule has 0 amide bonds. The first kappa shape index (κ1) is 20.4. The maximum atomic E-state index is 11.0. The summed E-state index contributed by atoms with van der Waals surface area (Å²) in [6.07, 6.45) is 5.41. The van der Waals surface area contributed by atoms with Gasteiger partial charge in [0.25, 0.3) is 0 Å². The number of nitrogens with zero attached hydrogens (tertiary/aromatic N) is 3. The maximum Gasteiger partial charge on any atom is 0.119 e. The molecule has 1 saturated heterocycles. The highest BCUT2D eigenvalue weighted by Gasteiger charge is 2.34. The van der Waals surface area contributed by atoms with Crippen molar-refractivity contribution in [1.29, 1.82) is 0 Å². The lowest BCUT2D eigenvalue weighted by molar-refractivity contribution is -0.0621. The van der Waals surface area contributed by atoms with Crippen molar-refractivity contribution in [3.8, 4) is 11.5 Å². The molecule has 1 fully saturated rings. The molecular weight excluding hydrogens is 378 g/mol. The third-order valence-electron chi connectivity index (χ3n) is 5.34. The summed E-state index contributed by atoms with van der Waals surface area (Å²) < 4.78 is 13.6. The van der Waals surface area contributed by atoms with Crippen molar-refractivity contribution in [3.05, 3.63) is 78.6 Å². The van der Waals surface area contributed by atoms with Crippen molar-refractivity contribution in [3.63, 3.8) is 0 Å². The number of hydrogen-bond acceptors (Lipinski definition) is 5. The number of ether oxygens (including phenoxy) is 2. The van der Waals surface area contributed by atoms with Gasteiger partial charge >= 0.3 is 0 Å². The van der Waals surface area contributed by atoms with Gasteiger partial charge in [-0.2, -0.15) is 5.10 Å². The Bertz CT molecular complexity index is 901. The summed E-state index contributed by atoms with van der Waals surface area (Å²) in [7, 11) is 0. The van der Waals surface area contributed by atoms with E-state index in [9.17, 15) is 5.11 Å². The second-order valence-electron chi connectivity index (χ2n) is 7.91. The summed E-state index contributed by atoms with van der Waals surface area (Å²) in [5.74, 6) is 1.65. The van der Waals surface area contributed by atoms with Crippen LogP contribution in [0, 0.1) is 0 Å². The quantitative estimate of drug-likeness (QED) is 0.589. The van der Waals surface area contributed by atoms with Gasteiger partial charge in [0.2, 0.25) is 0 Å². The van der Waals surface area contributed by atoms with Crippen molar-refractivity contribution in [2.24, 2.45) is 0 Å². The highest BCUT2D eigenvalue weighted by molar-refractivity contribution is 5.28. The summed E-state index contributed by atoms with van der Waals surface area (Å²) in [5.41, 5.74) is 0.353. The van der Waals surface area contributed by atoms with E-state index in [2.05, 4.69) is 22.1 Å². The van der Waals surface area contributed by atoms with E-state index in [4.69, 9.17) is 9.47 Å². The van der Waals surface area contributed by atoms with Gasteiger partial charge in [0, 0.05) is 25.5 Å². The van der Waals surface area contributed by atoms with Gasteiger partial charge in [-0.3, -0.25) is 9.58 Å². The largest absolute Gasteiger partial charge is 0.492 e. The van der Waals surface area contributed by atoms with Crippen LogP contribution in [-0.4, -0.2) is 51.7 Å². The number of likely N-dealkylation sites (tertiary alicyclic amines) is 1. The molecule has 6 nitrogen and oxygen atoms in total. The van der Waals surface area contributed by atoms with Gasteiger partial charge in [0.05, 0.1) is 6.54 Å². The molecule has 6 heteroatoms. The highest BCUT2D eigenvalue weighted by Crippen LogP contribution is 2.25. The molecule has 3 aromatic rings. The number of para-hydroxylation sites is 1. The molecule has 0 aliphatic carbocycles. The van der Waals surface area contributed by atoms with Gasteiger partial charge in [0.15, 0.2) is 0 Å². The van der Waals surface area contributed by atoms with E-state index in [1.54, 1.807) is 6.20 Å². The molecule has 1 aliphatic rings. The monoisotopic (exact) mass is 407 g/mol. The van der Waals surface area contributed by atoms with E-state index < -0.39 is 5.60 Å². The molecule has 2 heterocycles. The molecule has 1 atom stereocenters. The first-order valence-electron chi connectivity index (χ1n) is 10.5. The molecular formula is C24H29N3O3. The molecule has 4 rings (SSSR count). The van der Waals surface area contributed by atoms with Crippen LogP contribution in [0.25, 0.3) is 0 Å². The molecule has 1 aliphatic heterocycles. The third-order valence-corrected chi connectivity index (χ3v) is 5.34. The molecule has 30 heavy (non-hydrogen) atoms. The van der Waals surface area contributed by atoms with E-state index in [0.717, 1.165) is 44.0 Å². The lowest BCUT2D eigenvalue weighted by atomic mass is 9.93. The molecule has 158 valence electrons. The van der Waals surface area contributed by atoms with Crippen LogP contribution in [0.5, 0.6) is 11.5 Å². The number of aliphatic hydroxyl groups is 1. The Morgan fingerprint density at radius 2 is 1.87 bits per heavy atom. The van der Waals surface area contributed by atoms with Crippen molar-refractivity contribution in [2.75, 3.05) is 26.3 Å². The van der Waals surface area contributed by atoms with Crippen LogP contribution in [0.2, 0.25) is 0 Å². The van der Waals surface area contributed by atoms with Gasteiger partial charge < -0.3 is 14.6 Å². The van der Waals surface area contributed by atoms with E-state index in [1.807, 2.05) is 59.4 Å². The zero-order valence-corrected chi connectivity index (χ0v) is 17.2. The average molecular weight is 408 g/mol. The summed E-state index contributed by atoms with van der Waals surface area (Å²) in [4.78, 5) is 2.29. The minimum absolute atomic E-state index is 0.310. The van der Waals surface area contributed by atoms with Gasteiger partial charge in [-0.1, -0.05) is 30.3 Å². The fourth-order valence-corrected chi connectivity index (χ4v) is 3.87. The SMILES string of the molecule is O[C@]1(COc2ccccc2)CCCN(Cc2cccc(OCCn3cccn3)c2)C1. The Hall–Kier alpha value is -2.83. The number of β-amino-alcohol motifs (C(OH)–C–C–N with tert-alkyl or cyclic N) is 1. The summed E-state index contributed by atoms with van der Waals surface area (Å²) in [6, 6.07) is 19.8. The Morgan fingerprint density at radius 3 is 2.70 bits per heavy atom. The minimum Gasteiger partial charge on any atom is -0.492 e. The second kappa shape index (κ2) is 9.78. The molecule has 0 unspecified atom stereocenters. The van der Waals surface area contributed by atoms with Crippen LogP contribution in [0.4, 0.5) is 0 Å². The Balaban J connectivity index is 1.29. The number of rotatable bonds is 9. The predicted octanol–water partition coefficient (Wildman–Crippen LogP) is 3.37. The van der Waals surface area contributed by atoms with Gasteiger partial charge in [0.1, 0.15) is 30.3 Å². The number of piperidine rings is 1. The van der Waals surface area contributed by atoms with E-state index in [0.29, 0.717) is 19.8 Å². The molecule has 1 N–H and O–H groups in total. The Kier molecular flexibility index (Phi) is 6.67. The Morgan fingerprint density at radius 1 is 1.00 bits per heavy atom. The van der Waals surface area contributed by atoms with E-state index >= 15 is 0 Å². The first-order valence-corrected chi connectivity index (χ1v) is 10.5. The first-order chi connectivity index (χ1) is 14.7. The van der Waals surface area contributed by atoms with Crippen molar-refractivity contribution >= 4 is 0 Å². The van der Waals surface area contributed by atoms with E-state index in [1.165, 1.54) is 5.56 Å². The zero-order chi connectivity index (χ0) is 20.7. The number of benzene rings is 2. The lowest BCUT2D eigenvalue weighted by Gasteiger charge is -2.39. The maximum absolute atomic E-state index is 11.0.